The normalized spacial score (nSPS) is 24.9. The van der Waals surface area contributed by atoms with Gasteiger partial charge in [-0.05, 0) is 30.0 Å². The van der Waals surface area contributed by atoms with Crippen molar-refractivity contribution < 1.29 is 0 Å². The Labute approximate surface area is 85.5 Å². The zero-order valence-electron chi connectivity index (χ0n) is 8.66. The molecule has 0 radical (unpaired) electrons. The molecule has 14 heavy (non-hydrogen) atoms. The molecule has 1 aliphatic rings. The fourth-order valence-electron chi connectivity index (χ4n) is 1.90. The van der Waals surface area contributed by atoms with E-state index in [1.807, 2.05) is 18.2 Å². The SMILES string of the molecule is CCC1CC1NCc1cccc(N)c1. The number of hydrogen-bond acceptors (Lipinski definition) is 2. The molecule has 3 N–H and O–H groups in total. The van der Waals surface area contributed by atoms with Crippen LogP contribution in [-0.4, -0.2) is 6.04 Å². The van der Waals surface area contributed by atoms with Crippen molar-refractivity contribution in [3.8, 4) is 0 Å². The van der Waals surface area contributed by atoms with Gasteiger partial charge in [0.1, 0.15) is 0 Å². The third kappa shape index (κ3) is 2.26. The summed E-state index contributed by atoms with van der Waals surface area (Å²) >= 11 is 0. The highest BCUT2D eigenvalue weighted by molar-refractivity contribution is 5.40. The van der Waals surface area contributed by atoms with Crippen LogP contribution in [-0.2, 0) is 6.54 Å². The minimum Gasteiger partial charge on any atom is -0.399 e. The van der Waals surface area contributed by atoms with Gasteiger partial charge in [-0.25, -0.2) is 0 Å². The Morgan fingerprint density at radius 2 is 2.36 bits per heavy atom. The molecule has 0 saturated heterocycles. The summed E-state index contributed by atoms with van der Waals surface area (Å²) in [7, 11) is 0. The lowest BCUT2D eigenvalue weighted by Crippen LogP contribution is -2.17. The van der Waals surface area contributed by atoms with Gasteiger partial charge in [-0.1, -0.05) is 25.5 Å². The van der Waals surface area contributed by atoms with Gasteiger partial charge >= 0.3 is 0 Å². The van der Waals surface area contributed by atoms with Crippen LogP contribution in [0, 0.1) is 5.92 Å². The second kappa shape index (κ2) is 4.01. The van der Waals surface area contributed by atoms with Gasteiger partial charge in [0.05, 0.1) is 0 Å². The fraction of sp³-hybridized carbons (Fsp3) is 0.500. The minimum atomic E-state index is 0.751. The zero-order chi connectivity index (χ0) is 9.97. The van der Waals surface area contributed by atoms with Crippen molar-refractivity contribution in [3.63, 3.8) is 0 Å². The first-order valence-corrected chi connectivity index (χ1v) is 5.37. The second-order valence-electron chi connectivity index (χ2n) is 4.14. The van der Waals surface area contributed by atoms with Crippen molar-refractivity contribution >= 4 is 5.69 Å². The van der Waals surface area contributed by atoms with E-state index in [2.05, 4.69) is 18.3 Å². The van der Waals surface area contributed by atoms with Crippen LogP contribution in [0.5, 0.6) is 0 Å². The molecular weight excluding hydrogens is 172 g/mol. The fourth-order valence-corrected chi connectivity index (χ4v) is 1.90. The summed E-state index contributed by atoms with van der Waals surface area (Å²) < 4.78 is 0. The van der Waals surface area contributed by atoms with E-state index in [4.69, 9.17) is 5.73 Å². The van der Waals surface area contributed by atoms with E-state index < -0.39 is 0 Å². The van der Waals surface area contributed by atoms with Crippen LogP contribution in [0.2, 0.25) is 0 Å². The molecular formula is C12H18N2. The van der Waals surface area contributed by atoms with E-state index >= 15 is 0 Å². The highest BCUT2D eigenvalue weighted by Gasteiger charge is 2.34. The zero-order valence-corrected chi connectivity index (χ0v) is 8.66. The van der Waals surface area contributed by atoms with Crippen LogP contribution in [0.25, 0.3) is 0 Å². The maximum atomic E-state index is 5.71. The molecule has 1 aliphatic carbocycles. The predicted molar refractivity (Wildman–Crippen MR) is 59.9 cm³/mol. The molecule has 1 fully saturated rings. The van der Waals surface area contributed by atoms with E-state index in [1.54, 1.807) is 0 Å². The van der Waals surface area contributed by atoms with Gasteiger partial charge in [0, 0.05) is 18.3 Å². The standard InChI is InChI=1S/C12H18N2/c1-2-10-7-12(10)14-8-9-4-3-5-11(13)6-9/h3-6,10,12,14H,2,7-8,13H2,1H3. The molecule has 2 heteroatoms. The predicted octanol–water partition coefficient (Wildman–Crippen LogP) is 2.16. The lowest BCUT2D eigenvalue weighted by molar-refractivity contribution is 0.623. The number of hydrogen-bond donors (Lipinski definition) is 2. The first-order chi connectivity index (χ1) is 6.79. The first kappa shape index (κ1) is 9.53. The van der Waals surface area contributed by atoms with Crippen LogP contribution in [0.15, 0.2) is 24.3 Å². The third-order valence-corrected chi connectivity index (χ3v) is 2.97. The molecule has 0 bridgehead atoms. The van der Waals surface area contributed by atoms with Crippen LogP contribution < -0.4 is 11.1 Å². The number of nitrogens with one attached hydrogen (secondary N) is 1. The topological polar surface area (TPSA) is 38.0 Å². The highest BCUT2D eigenvalue weighted by Crippen LogP contribution is 2.33. The van der Waals surface area contributed by atoms with Crippen LogP contribution in [0.4, 0.5) is 5.69 Å². The largest absolute Gasteiger partial charge is 0.399 e. The Hall–Kier alpha value is -1.02. The molecule has 0 amide bonds. The summed E-state index contributed by atoms with van der Waals surface area (Å²) in [5.41, 5.74) is 7.84. The van der Waals surface area contributed by atoms with Crippen molar-refractivity contribution in [2.75, 3.05) is 5.73 Å². The van der Waals surface area contributed by atoms with E-state index in [0.717, 1.165) is 24.2 Å². The molecule has 0 aromatic heterocycles. The van der Waals surface area contributed by atoms with Crippen molar-refractivity contribution in [2.24, 2.45) is 5.92 Å². The Morgan fingerprint density at radius 1 is 1.50 bits per heavy atom. The molecule has 0 spiro atoms. The van der Waals surface area contributed by atoms with Crippen LogP contribution in [0.3, 0.4) is 0 Å². The summed E-state index contributed by atoms with van der Waals surface area (Å²) in [4.78, 5) is 0. The van der Waals surface area contributed by atoms with Gasteiger partial charge in [0.25, 0.3) is 0 Å². The molecule has 1 saturated carbocycles. The van der Waals surface area contributed by atoms with Gasteiger partial charge in [0.15, 0.2) is 0 Å². The number of rotatable bonds is 4. The quantitative estimate of drug-likeness (QED) is 0.714. The van der Waals surface area contributed by atoms with Crippen molar-refractivity contribution in [3.05, 3.63) is 29.8 Å². The van der Waals surface area contributed by atoms with E-state index in [-0.39, 0.29) is 0 Å². The molecule has 1 aromatic rings. The summed E-state index contributed by atoms with van der Waals surface area (Å²) in [6.07, 6.45) is 2.65. The van der Waals surface area contributed by atoms with Gasteiger partial charge in [-0.15, -0.1) is 0 Å². The summed E-state index contributed by atoms with van der Waals surface area (Å²) in [5.74, 6) is 0.913. The van der Waals surface area contributed by atoms with Gasteiger partial charge in [-0.2, -0.15) is 0 Å². The van der Waals surface area contributed by atoms with E-state index in [9.17, 15) is 0 Å². The van der Waals surface area contributed by atoms with Crippen molar-refractivity contribution in [1.82, 2.24) is 5.32 Å². The van der Waals surface area contributed by atoms with E-state index in [0.29, 0.717) is 0 Å². The maximum absolute atomic E-state index is 5.71. The Kier molecular flexibility index (Phi) is 2.73. The lowest BCUT2D eigenvalue weighted by Gasteiger charge is -2.04. The molecule has 1 aromatic carbocycles. The van der Waals surface area contributed by atoms with Crippen LogP contribution >= 0.6 is 0 Å². The Balaban J connectivity index is 1.81. The number of nitrogen functional groups attached to an aromatic ring is 1. The molecule has 0 heterocycles. The Morgan fingerprint density at radius 3 is 3.00 bits per heavy atom. The van der Waals surface area contributed by atoms with Gasteiger partial charge in [-0.3, -0.25) is 0 Å². The molecule has 2 atom stereocenters. The second-order valence-corrected chi connectivity index (χ2v) is 4.14. The highest BCUT2D eigenvalue weighted by atomic mass is 15.0. The molecule has 2 rings (SSSR count). The average Bonchev–Trinajstić information content (AvgIpc) is 2.93. The smallest absolute Gasteiger partial charge is 0.0317 e. The average molecular weight is 190 g/mol. The van der Waals surface area contributed by atoms with Crippen molar-refractivity contribution in [1.29, 1.82) is 0 Å². The molecule has 2 nitrogen and oxygen atoms in total. The molecule has 76 valence electrons. The van der Waals surface area contributed by atoms with Gasteiger partial charge in [0.2, 0.25) is 0 Å². The van der Waals surface area contributed by atoms with Gasteiger partial charge < -0.3 is 11.1 Å². The summed E-state index contributed by atoms with van der Waals surface area (Å²) in [5, 5.41) is 3.55. The Bertz CT molecular complexity index is 309. The lowest BCUT2D eigenvalue weighted by atomic mass is 10.2. The number of benzene rings is 1. The summed E-state index contributed by atoms with van der Waals surface area (Å²) in [6.45, 7) is 3.21. The third-order valence-electron chi connectivity index (χ3n) is 2.97. The molecule has 2 unspecified atom stereocenters. The summed E-state index contributed by atoms with van der Waals surface area (Å²) in [6, 6.07) is 8.84. The van der Waals surface area contributed by atoms with Crippen molar-refractivity contribution in [2.45, 2.75) is 32.4 Å². The monoisotopic (exact) mass is 190 g/mol. The van der Waals surface area contributed by atoms with Crippen LogP contribution in [0.1, 0.15) is 25.3 Å². The number of nitrogens with two attached hydrogens (primary N) is 1. The molecule has 0 aliphatic heterocycles. The van der Waals surface area contributed by atoms with E-state index in [1.165, 1.54) is 18.4 Å². The minimum absolute atomic E-state index is 0.751. The maximum Gasteiger partial charge on any atom is 0.0317 e. The number of anilines is 1. The first-order valence-electron chi connectivity index (χ1n) is 5.37.